The van der Waals surface area contributed by atoms with Crippen molar-refractivity contribution in [2.45, 2.75) is 26.1 Å². The van der Waals surface area contributed by atoms with Crippen LogP contribution in [0.5, 0.6) is 0 Å². The Bertz CT molecular complexity index is 501. The van der Waals surface area contributed by atoms with Crippen LogP contribution in [0.4, 0.5) is 13.2 Å². The highest BCUT2D eigenvalue weighted by Gasteiger charge is 2.30. The lowest BCUT2D eigenvalue weighted by atomic mass is 10.2. The Morgan fingerprint density at radius 1 is 1.31 bits per heavy atom. The van der Waals surface area contributed by atoms with Crippen LogP contribution in [0.25, 0.3) is 11.0 Å². The molecular formula is C10H10F3N3. The molecule has 2 rings (SSSR count). The molecule has 0 spiro atoms. The van der Waals surface area contributed by atoms with Crippen molar-refractivity contribution in [3.05, 3.63) is 23.8 Å². The van der Waals surface area contributed by atoms with Crippen LogP contribution in [-0.4, -0.2) is 15.0 Å². The van der Waals surface area contributed by atoms with E-state index in [1.807, 2.05) is 6.92 Å². The monoisotopic (exact) mass is 229 g/mol. The molecule has 0 aliphatic carbocycles. The zero-order valence-corrected chi connectivity index (χ0v) is 8.62. The number of aromatic nitrogens is 3. The highest BCUT2D eigenvalue weighted by atomic mass is 19.4. The van der Waals surface area contributed by atoms with Gasteiger partial charge in [-0.15, -0.1) is 5.10 Å². The lowest BCUT2D eigenvalue weighted by Crippen LogP contribution is -2.04. The highest BCUT2D eigenvalue weighted by molar-refractivity contribution is 5.75. The summed E-state index contributed by atoms with van der Waals surface area (Å²) in [6.45, 7) is 2.62. The van der Waals surface area contributed by atoms with E-state index < -0.39 is 11.7 Å². The largest absolute Gasteiger partial charge is 0.416 e. The van der Waals surface area contributed by atoms with Gasteiger partial charge in [0, 0.05) is 6.54 Å². The van der Waals surface area contributed by atoms with Gasteiger partial charge in [0.1, 0.15) is 5.52 Å². The zero-order valence-electron chi connectivity index (χ0n) is 8.62. The van der Waals surface area contributed by atoms with Crippen LogP contribution in [0.1, 0.15) is 18.9 Å². The van der Waals surface area contributed by atoms with E-state index in [-0.39, 0.29) is 5.52 Å². The Hall–Kier alpha value is -1.59. The van der Waals surface area contributed by atoms with Gasteiger partial charge in [-0.3, -0.25) is 0 Å². The highest BCUT2D eigenvalue weighted by Crippen LogP contribution is 2.30. The number of hydrogen-bond acceptors (Lipinski definition) is 2. The van der Waals surface area contributed by atoms with Crippen molar-refractivity contribution in [2.75, 3.05) is 0 Å². The minimum atomic E-state index is -4.33. The van der Waals surface area contributed by atoms with E-state index in [1.54, 1.807) is 4.68 Å². The summed E-state index contributed by atoms with van der Waals surface area (Å²) in [6, 6.07) is 3.49. The van der Waals surface area contributed by atoms with Crippen molar-refractivity contribution >= 4 is 11.0 Å². The van der Waals surface area contributed by atoms with Crippen molar-refractivity contribution < 1.29 is 13.2 Å². The minimum absolute atomic E-state index is 0.281. The van der Waals surface area contributed by atoms with E-state index in [9.17, 15) is 13.2 Å². The zero-order chi connectivity index (χ0) is 11.8. The quantitative estimate of drug-likeness (QED) is 0.792. The van der Waals surface area contributed by atoms with Crippen LogP contribution < -0.4 is 0 Å². The Labute approximate surface area is 89.9 Å². The molecule has 2 aromatic rings. The molecule has 0 bridgehead atoms. The fourth-order valence-electron chi connectivity index (χ4n) is 1.53. The molecule has 0 unspecified atom stereocenters. The van der Waals surface area contributed by atoms with Gasteiger partial charge in [-0.05, 0) is 24.6 Å². The fraction of sp³-hybridized carbons (Fsp3) is 0.400. The second-order valence-corrected chi connectivity index (χ2v) is 3.51. The van der Waals surface area contributed by atoms with Crippen LogP contribution in [-0.2, 0) is 12.7 Å². The maximum Gasteiger partial charge on any atom is 0.416 e. The molecule has 3 nitrogen and oxygen atoms in total. The normalized spacial score (nSPS) is 12.2. The average Bonchev–Trinajstić information content (AvgIpc) is 2.60. The van der Waals surface area contributed by atoms with Crippen molar-refractivity contribution in [2.24, 2.45) is 0 Å². The molecule has 0 amide bonds. The third-order valence-electron chi connectivity index (χ3n) is 2.28. The average molecular weight is 229 g/mol. The van der Waals surface area contributed by atoms with Crippen molar-refractivity contribution in [3.63, 3.8) is 0 Å². The summed E-state index contributed by atoms with van der Waals surface area (Å²) in [5.41, 5.74) is 0.224. The lowest BCUT2D eigenvalue weighted by molar-refractivity contribution is -0.137. The predicted molar refractivity (Wildman–Crippen MR) is 52.8 cm³/mol. The van der Waals surface area contributed by atoms with E-state index >= 15 is 0 Å². The molecule has 0 aliphatic rings. The summed E-state index contributed by atoms with van der Waals surface area (Å²) in [5.74, 6) is 0. The predicted octanol–water partition coefficient (Wildman–Crippen LogP) is 2.86. The molecule has 0 N–H and O–H groups in total. The molecule has 16 heavy (non-hydrogen) atoms. The summed E-state index contributed by atoms with van der Waals surface area (Å²) in [6.07, 6.45) is -3.47. The van der Waals surface area contributed by atoms with E-state index in [0.717, 1.165) is 18.6 Å². The van der Waals surface area contributed by atoms with Crippen LogP contribution in [0.2, 0.25) is 0 Å². The number of nitrogens with zero attached hydrogens (tertiary/aromatic N) is 3. The molecular weight excluding hydrogens is 219 g/mol. The first-order valence-corrected chi connectivity index (χ1v) is 4.93. The van der Waals surface area contributed by atoms with Crippen LogP contribution >= 0.6 is 0 Å². The number of aryl methyl sites for hydroxylation is 1. The number of alkyl halides is 3. The van der Waals surface area contributed by atoms with E-state index in [2.05, 4.69) is 10.3 Å². The first-order valence-electron chi connectivity index (χ1n) is 4.93. The fourth-order valence-corrected chi connectivity index (χ4v) is 1.53. The molecule has 1 aromatic carbocycles. The van der Waals surface area contributed by atoms with Crippen molar-refractivity contribution in [1.29, 1.82) is 0 Å². The van der Waals surface area contributed by atoms with E-state index in [4.69, 9.17) is 0 Å². The Balaban J connectivity index is 2.49. The molecule has 1 aromatic heterocycles. The Kier molecular flexibility index (Phi) is 2.57. The molecule has 86 valence electrons. The van der Waals surface area contributed by atoms with Gasteiger partial charge in [-0.25, -0.2) is 4.68 Å². The van der Waals surface area contributed by atoms with Crippen molar-refractivity contribution in [3.8, 4) is 0 Å². The minimum Gasteiger partial charge on any atom is -0.245 e. The topological polar surface area (TPSA) is 30.7 Å². The van der Waals surface area contributed by atoms with Crippen LogP contribution in [0.15, 0.2) is 18.2 Å². The SMILES string of the molecule is CCCn1nnc2cc(C(F)(F)F)ccc21. The summed E-state index contributed by atoms with van der Waals surface area (Å²) >= 11 is 0. The van der Waals surface area contributed by atoms with Gasteiger partial charge in [-0.2, -0.15) is 13.2 Å². The number of benzene rings is 1. The lowest BCUT2D eigenvalue weighted by Gasteiger charge is -2.05. The molecule has 0 radical (unpaired) electrons. The molecule has 0 aliphatic heterocycles. The number of rotatable bonds is 2. The summed E-state index contributed by atoms with van der Waals surface area (Å²) < 4.78 is 38.9. The van der Waals surface area contributed by atoms with Crippen molar-refractivity contribution in [1.82, 2.24) is 15.0 Å². The van der Waals surface area contributed by atoms with E-state index in [0.29, 0.717) is 12.1 Å². The molecule has 0 saturated heterocycles. The smallest absolute Gasteiger partial charge is 0.245 e. The molecule has 1 heterocycles. The van der Waals surface area contributed by atoms with E-state index in [1.165, 1.54) is 6.07 Å². The first-order chi connectivity index (χ1) is 7.52. The number of fused-ring (bicyclic) bond motifs is 1. The van der Waals surface area contributed by atoms with Gasteiger partial charge in [0.25, 0.3) is 0 Å². The summed E-state index contributed by atoms with van der Waals surface area (Å²) in [7, 11) is 0. The number of halogens is 3. The van der Waals surface area contributed by atoms with Crippen LogP contribution in [0, 0.1) is 0 Å². The maximum absolute atomic E-state index is 12.4. The summed E-state index contributed by atoms with van der Waals surface area (Å²) in [4.78, 5) is 0. The van der Waals surface area contributed by atoms with Gasteiger partial charge in [-0.1, -0.05) is 12.1 Å². The molecule has 0 fully saturated rings. The number of hydrogen-bond donors (Lipinski definition) is 0. The second kappa shape index (κ2) is 3.77. The van der Waals surface area contributed by atoms with Gasteiger partial charge in [0.2, 0.25) is 0 Å². The summed E-state index contributed by atoms with van der Waals surface area (Å²) in [5, 5.41) is 7.53. The van der Waals surface area contributed by atoms with Gasteiger partial charge < -0.3 is 0 Å². The maximum atomic E-state index is 12.4. The molecule has 0 atom stereocenters. The molecule has 0 saturated carbocycles. The third-order valence-corrected chi connectivity index (χ3v) is 2.28. The first kappa shape index (κ1) is 10.9. The van der Waals surface area contributed by atoms with Gasteiger partial charge in [0.15, 0.2) is 0 Å². The standard InChI is InChI=1S/C10H10F3N3/c1-2-5-16-9-4-3-7(10(11,12)13)6-8(9)14-15-16/h3-4,6H,2,5H2,1H3. The molecule has 6 heteroatoms. The van der Waals surface area contributed by atoms with Crippen LogP contribution in [0.3, 0.4) is 0 Å². The van der Waals surface area contributed by atoms with Gasteiger partial charge >= 0.3 is 6.18 Å². The third kappa shape index (κ3) is 1.87. The Morgan fingerprint density at radius 3 is 2.69 bits per heavy atom. The Morgan fingerprint density at radius 2 is 2.06 bits per heavy atom. The second-order valence-electron chi connectivity index (χ2n) is 3.51. The van der Waals surface area contributed by atoms with Gasteiger partial charge in [0.05, 0.1) is 11.1 Å².